The predicted octanol–water partition coefficient (Wildman–Crippen LogP) is 5.06. The number of aromatic nitrogens is 2. The Bertz CT molecular complexity index is 805. The molecule has 5 heteroatoms. The molecule has 0 atom stereocenters. The van der Waals surface area contributed by atoms with Crippen LogP contribution in [0.1, 0.15) is 0 Å². The maximum absolute atomic E-state index is 6.33. The van der Waals surface area contributed by atoms with Crippen LogP contribution >= 0.6 is 35.6 Å². The highest BCUT2D eigenvalue weighted by Gasteiger charge is 2.12. The van der Waals surface area contributed by atoms with E-state index in [0.717, 1.165) is 16.7 Å². The van der Waals surface area contributed by atoms with E-state index in [4.69, 9.17) is 23.8 Å². The Morgan fingerprint density at radius 1 is 1.16 bits per heavy atom. The Kier molecular flexibility index (Phi) is 3.39. The van der Waals surface area contributed by atoms with Crippen molar-refractivity contribution in [3.8, 4) is 5.69 Å². The van der Waals surface area contributed by atoms with Crippen molar-refractivity contribution < 1.29 is 0 Å². The number of imidazole rings is 1. The van der Waals surface area contributed by atoms with Gasteiger partial charge in [-0.15, -0.1) is 11.8 Å². The molecule has 0 aliphatic carbocycles. The molecule has 0 radical (unpaired) electrons. The third-order valence-corrected chi connectivity index (χ3v) is 4.36. The minimum Gasteiger partial charge on any atom is -0.330 e. The molecule has 0 saturated heterocycles. The summed E-state index contributed by atoms with van der Waals surface area (Å²) in [4.78, 5) is 4.37. The van der Waals surface area contributed by atoms with Crippen LogP contribution in [0.5, 0.6) is 0 Å². The van der Waals surface area contributed by atoms with Gasteiger partial charge in [0.15, 0.2) is 4.77 Å². The minimum absolute atomic E-state index is 0.657. The molecule has 0 aliphatic rings. The summed E-state index contributed by atoms with van der Waals surface area (Å²) in [5.41, 5.74) is 2.93. The number of nitrogens with zero attached hydrogens (tertiary/aromatic N) is 1. The van der Waals surface area contributed by atoms with Gasteiger partial charge in [0, 0.05) is 4.90 Å². The van der Waals surface area contributed by atoms with E-state index in [1.807, 2.05) is 34.9 Å². The topological polar surface area (TPSA) is 20.7 Å². The number of nitrogens with one attached hydrogen (secondary N) is 1. The number of hydrogen-bond donors (Lipinski definition) is 1. The lowest BCUT2D eigenvalue weighted by Crippen LogP contribution is -1.96. The Hall–Kier alpha value is -1.23. The molecule has 2 aromatic carbocycles. The van der Waals surface area contributed by atoms with Crippen LogP contribution in [0.25, 0.3) is 16.7 Å². The first kappa shape index (κ1) is 12.8. The van der Waals surface area contributed by atoms with Crippen molar-refractivity contribution in [2.45, 2.75) is 4.90 Å². The molecular weight excluding hydrogens is 296 g/mol. The van der Waals surface area contributed by atoms with Crippen LogP contribution in [0.3, 0.4) is 0 Å². The monoisotopic (exact) mass is 306 g/mol. The Morgan fingerprint density at radius 2 is 1.95 bits per heavy atom. The molecular formula is C14H11ClN2S2. The van der Waals surface area contributed by atoms with E-state index in [-0.39, 0.29) is 0 Å². The Balaban J connectivity index is 2.43. The quantitative estimate of drug-likeness (QED) is 0.527. The van der Waals surface area contributed by atoms with Gasteiger partial charge in [-0.25, -0.2) is 0 Å². The van der Waals surface area contributed by atoms with Crippen LogP contribution < -0.4 is 0 Å². The number of rotatable bonds is 2. The Labute approximate surface area is 125 Å². The molecule has 0 spiro atoms. The zero-order chi connectivity index (χ0) is 13.4. The summed E-state index contributed by atoms with van der Waals surface area (Å²) < 4.78 is 2.66. The van der Waals surface area contributed by atoms with Gasteiger partial charge in [0.25, 0.3) is 0 Å². The van der Waals surface area contributed by atoms with E-state index in [2.05, 4.69) is 23.4 Å². The van der Waals surface area contributed by atoms with E-state index in [1.54, 1.807) is 11.8 Å². The SMILES string of the molecule is CSc1ccccc1-n1c(=S)[nH]c2cccc(Cl)c21. The molecule has 3 rings (SSSR count). The Morgan fingerprint density at radius 3 is 2.74 bits per heavy atom. The number of halogens is 1. The van der Waals surface area contributed by atoms with Crippen LogP contribution in [-0.4, -0.2) is 15.8 Å². The van der Waals surface area contributed by atoms with Crippen molar-refractivity contribution in [2.24, 2.45) is 0 Å². The molecule has 1 N–H and O–H groups in total. The lowest BCUT2D eigenvalue weighted by molar-refractivity contribution is 1.03. The lowest BCUT2D eigenvalue weighted by Gasteiger charge is -2.10. The molecule has 3 aromatic rings. The van der Waals surface area contributed by atoms with Gasteiger partial charge in [0.1, 0.15) is 0 Å². The molecule has 2 nitrogen and oxygen atoms in total. The molecule has 0 unspecified atom stereocenters. The normalized spacial score (nSPS) is 11.1. The third kappa shape index (κ3) is 2.10. The molecule has 0 amide bonds. The van der Waals surface area contributed by atoms with Crippen molar-refractivity contribution in [2.75, 3.05) is 6.26 Å². The first-order valence-electron chi connectivity index (χ1n) is 5.75. The number of H-pyrrole nitrogens is 1. The largest absolute Gasteiger partial charge is 0.330 e. The molecule has 19 heavy (non-hydrogen) atoms. The van der Waals surface area contributed by atoms with Gasteiger partial charge < -0.3 is 4.98 Å². The summed E-state index contributed by atoms with van der Waals surface area (Å²) in [5, 5.41) is 0.695. The molecule has 1 aromatic heterocycles. The van der Waals surface area contributed by atoms with Crippen molar-refractivity contribution >= 4 is 46.6 Å². The van der Waals surface area contributed by atoms with Gasteiger partial charge in [-0.2, -0.15) is 0 Å². The average molecular weight is 307 g/mol. The van der Waals surface area contributed by atoms with Gasteiger partial charge in [0.2, 0.25) is 0 Å². The van der Waals surface area contributed by atoms with E-state index < -0.39 is 0 Å². The number of benzene rings is 2. The van der Waals surface area contributed by atoms with Gasteiger partial charge in [-0.05, 0) is 42.7 Å². The van der Waals surface area contributed by atoms with Crippen LogP contribution in [0.2, 0.25) is 5.02 Å². The molecule has 96 valence electrons. The highest BCUT2D eigenvalue weighted by Crippen LogP contribution is 2.30. The summed E-state index contributed by atoms with van der Waals surface area (Å²) in [6, 6.07) is 13.9. The summed E-state index contributed by atoms with van der Waals surface area (Å²) >= 11 is 13.5. The number of para-hydroxylation sites is 2. The van der Waals surface area contributed by atoms with Crippen LogP contribution in [0.15, 0.2) is 47.4 Å². The number of aromatic amines is 1. The second-order valence-corrected chi connectivity index (χ2v) is 5.72. The average Bonchev–Trinajstić information content (AvgIpc) is 2.76. The van der Waals surface area contributed by atoms with Gasteiger partial charge in [-0.1, -0.05) is 29.8 Å². The van der Waals surface area contributed by atoms with E-state index in [1.165, 1.54) is 4.90 Å². The summed E-state index contributed by atoms with van der Waals surface area (Å²) in [6.45, 7) is 0. The summed E-state index contributed by atoms with van der Waals surface area (Å²) in [5.74, 6) is 0. The van der Waals surface area contributed by atoms with Crippen molar-refractivity contribution in [1.29, 1.82) is 0 Å². The van der Waals surface area contributed by atoms with Gasteiger partial charge >= 0.3 is 0 Å². The van der Waals surface area contributed by atoms with Crippen LogP contribution in [0.4, 0.5) is 0 Å². The predicted molar refractivity (Wildman–Crippen MR) is 85.3 cm³/mol. The fourth-order valence-electron chi connectivity index (χ4n) is 2.16. The standard InChI is InChI=1S/C14H11ClN2S2/c1-19-12-8-3-2-7-11(12)17-13-9(15)5-4-6-10(13)16-14(17)18/h2-8H,1H3,(H,16,18). The number of thioether (sulfide) groups is 1. The molecule has 0 saturated carbocycles. The second kappa shape index (κ2) is 5.04. The molecule has 0 fully saturated rings. The maximum Gasteiger partial charge on any atom is 0.182 e. The lowest BCUT2D eigenvalue weighted by atomic mass is 10.3. The first-order valence-corrected chi connectivity index (χ1v) is 7.76. The summed E-state index contributed by atoms with van der Waals surface area (Å²) in [6.07, 6.45) is 2.05. The number of fused-ring (bicyclic) bond motifs is 1. The van der Waals surface area contributed by atoms with Crippen LogP contribution in [-0.2, 0) is 0 Å². The van der Waals surface area contributed by atoms with Gasteiger partial charge in [0.05, 0.1) is 21.7 Å². The highest BCUT2D eigenvalue weighted by molar-refractivity contribution is 7.98. The fraction of sp³-hybridized carbons (Fsp3) is 0.0714. The van der Waals surface area contributed by atoms with E-state index >= 15 is 0 Å². The van der Waals surface area contributed by atoms with E-state index in [0.29, 0.717) is 9.79 Å². The molecule has 0 bridgehead atoms. The van der Waals surface area contributed by atoms with E-state index in [9.17, 15) is 0 Å². The highest BCUT2D eigenvalue weighted by atomic mass is 35.5. The number of hydrogen-bond acceptors (Lipinski definition) is 2. The summed E-state index contributed by atoms with van der Waals surface area (Å²) in [7, 11) is 0. The molecule has 0 aliphatic heterocycles. The minimum atomic E-state index is 0.657. The second-order valence-electron chi connectivity index (χ2n) is 4.07. The van der Waals surface area contributed by atoms with Gasteiger partial charge in [-0.3, -0.25) is 4.57 Å². The fourth-order valence-corrected chi connectivity index (χ4v) is 3.30. The smallest absolute Gasteiger partial charge is 0.182 e. The zero-order valence-electron chi connectivity index (χ0n) is 10.2. The van der Waals surface area contributed by atoms with Crippen LogP contribution in [0, 0.1) is 4.77 Å². The zero-order valence-corrected chi connectivity index (χ0v) is 12.6. The van der Waals surface area contributed by atoms with Crippen molar-refractivity contribution in [3.63, 3.8) is 0 Å². The third-order valence-electron chi connectivity index (χ3n) is 2.98. The van der Waals surface area contributed by atoms with Crippen molar-refractivity contribution in [3.05, 3.63) is 52.3 Å². The molecule has 1 heterocycles. The van der Waals surface area contributed by atoms with Crippen molar-refractivity contribution in [1.82, 2.24) is 9.55 Å². The first-order chi connectivity index (χ1) is 9.22. The maximum atomic E-state index is 6.33.